The monoisotopic (exact) mass is 427 g/mol. The van der Waals surface area contributed by atoms with E-state index in [2.05, 4.69) is 26.7 Å². The first-order chi connectivity index (χ1) is 15.7. The van der Waals surface area contributed by atoms with Crippen LogP contribution in [0.4, 0.5) is 0 Å². The third-order valence-corrected chi connectivity index (χ3v) is 5.62. The molecule has 0 spiro atoms. The highest BCUT2D eigenvalue weighted by Gasteiger charge is 2.22. The van der Waals surface area contributed by atoms with Gasteiger partial charge in [-0.2, -0.15) is 5.26 Å². The van der Waals surface area contributed by atoms with Crippen LogP contribution in [0, 0.1) is 11.3 Å². The summed E-state index contributed by atoms with van der Waals surface area (Å²) in [6.07, 6.45) is 5.94. The summed E-state index contributed by atoms with van der Waals surface area (Å²) in [6.45, 7) is -0.0976. The molecule has 4 rings (SSSR count). The van der Waals surface area contributed by atoms with Crippen LogP contribution in [0.3, 0.4) is 0 Å². The zero-order valence-corrected chi connectivity index (χ0v) is 17.7. The lowest BCUT2D eigenvalue weighted by Crippen LogP contribution is -2.48. The second-order valence-electron chi connectivity index (χ2n) is 7.77. The molecule has 4 N–H and O–H groups in total. The average molecular weight is 428 g/mol. The van der Waals surface area contributed by atoms with Crippen LogP contribution in [-0.2, 0) is 22.4 Å². The number of carbonyl (C=O) groups is 2. The van der Waals surface area contributed by atoms with Crippen molar-refractivity contribution in [1.29, 1.82) is 5.26 Å². The number of H-pyrrole nitrogens is 2. The van der Waals surface area contributed by atoms with Crippen molar-refractivity contribution in [2.45, 2.75) is 31.7 Å². The lowest BCUT2D eigenvalue weighted by Gasteiger charge is -2.17. The highest BCUT2D eigenvalue weighted by molar-refractivity contribution is 5.90. The highest BCUT2D eigenvalue weighted by Crippen LogP contribution is 2.20. The van der Waals surface area contributed by atoms with Gasteiger partial charge in [0.1, 0.15) is 12.6 Å². The van der Waals surface area contributed by atoms with Crippen LogP contribution in [0.5, 0.6) is 0 Å². The largest absolute Gasteiger partial charge is 0.361 e. The number of aryl methyl sites for hydroxylation is 1. The predicted molar refractivity (Wildman–Crippen MR) is 124 cm³/mol. The number of carbonyl (C=O) groups excluding carboxylic acids is 2. The molecule has 0 saturated carbocycles. The van der Waals surface area contributed by atoms with E-state index in [0.29, 0.717) is 19.3 Å². The Balaban J connectivity index is 1.39. The van der Waals surface area contributed by atoms with Gasteiger partial charge in [-0.3, -0.25) is 9.59 Å². The van der Waals surface area contributed by atoms with Crippen LogP contribution in [0.1, 0.15) is 24.0 Å². The van der Waals surface area contributed by atoms with Gasteiger partial charge in [-0.25, -0.2) is 0 Å². The Morgan fingerprint density at radius 1 is 0.938 bits per heavy atom. The Hall–Kier alpha value is -4.05. The van der Waals surface area contributed by atoms with Crippen LogP contribution in [0.15, 0.2) is 60.9 Å². The normalized spacial score (nSPS) is 11.8. The quantitative estimate of drug-likeness (QED) is 0.307. The Morgan fingerprint density at radius 2 is 1.56 bits per heavy atom. The van der Waals surface area contributed by atoms with Crippen molar-refractivity contribution in [3.8, 4) is 6.07 Å². The number of aromatic amines is 2. The lowest BCUT2D eigenvalue weighted by molar-refractivity contribution is -0.128. The van der Waals surface area contributed by atoms with E-state index in [4.69, 9.17) is 5.26 Å². The van der Waals surface area contributed by atoms with Crippen molar-refractivity contribution in [3.05, 3.63) is 72.1 Å². The third-order valence-electron chi connectivity index (χ3n) is 5.62. The molecule has 2 heterocycles. The van der Waals surface area contributed by atoms with Gasteiger partial charge in [0.25, 0.3) is 0 Å². The summed E-state index contributed by atoms with van der Waals surface area (Å²) in [6, 6.07) is 17.1. The van der Waals surface area contributed by atoms with Crippen LogP contribution >= 0.6 is 0 Å². The molecule has 7 nitrogen and oxygen atoms in total. The molecule has 0 aliphatic carbocycles. The van der Waals surface area contributed by atoms with Gasteiger partial charge in [-0.1, -0.05) is 36.4 Å². The Bertz CT molecular complexity index is 1280. The molecular weight excluding hydrogens is 402 g/mol. The molecule has 0 aliphatic heterocycles. The zero-order valence-electron chi connectivity index (χ0n) is 17.7. The summed E-state index contributed by atoms with van der Waals surface area (Å²) >= 11 is 0. The Kier molecular flexibility index (Phi) is 6.52. The van der Waals surface area contributed by atoms with Crippen molar-refractivity contribution in [2.24, 2.45) is 0 Å². The maximum Gasteiger partial charge on any atom is 0.243 e. The maximum atomic E-state index is 12.6. The summed E-state index contributed by atoms with van der Waals surface area (Å²) in [5.74, 6) is -0.538. The summed E-state index contributed by atoms with van der Waals surface area (Å²) in [4.78, 5) is 31.7. The Morgan fingerprint density at radius 3 is 2.25 bits per heavy atom. The van der Waals surface area contributed by atoms with Gasteiger partial charge < -0.3 is 20.6 Å². The molecule has 0 aliphatic rings. The molecule has 0 radical (unpaired) electrons. The topological polar surface area (TPSA) is 114 Å². The van der Waals surface area contributed by atoms with Gasteiger partial charge in [-0.15, -0.1) is 0 Å². The first-order valence-electron chi connectivity index (χ1n) is 10.7. The third kappa shape index (κ3) is 4.81. The number of hydrogen-bond acceptors (Lipinski definition) is 3. The number of nitriles is 1. The van der Waals surface area contributed by atoms with Crippen molar-refractivity contribution >= 4 is 33.6 Å². The molecule has 1 unspecified atom stereocenters. The number of benzene rings is 2. The molecule has 1 atom stereocenters. The number of nitrogens with one attached hydrogen (secondary N) is 4. The molecule has 0 saturated heterocycles. The van der Waals surface area contributed by atoms with Crippen LogP contribution < -0.4 is 10.6 Å². The van der Waals surface area contributed by atoms with Gasteiger partial charge in [0.15, 0.2) is 0 Å². The molecule has 4 aromatic rings. The minimum absolute atomic E-state index is 0.0976. The summed E-state index contributed by atoms with van der Waals surface area (Å²) in [5.41, 5.74) is 4.18. The van der Waals surface area contributed by atoms with Crippen LogP contribution in [0.25, 0.3) is 21.8 Å². The van der Waals surface area contributed by atoms with Gasteiger partial charge in [0.05, 0.1) is 6.07 Å². The summed E-state index contributed by atoms with van der Waals surface area (Å²) in [7, 11) is 0. The van der Waals surface area contributed by atoms with Gasteiger partial charge in [0, 0.05) is 47.0 Å². The summed E-state index contributed by atoms with van der Waals surface area (Å²) in [5, 5.41) is 16.4. The minimum Gasteiger partial charge on any atom is -0.361 e. The Labute approximate surface area is 185 Å². The predicted octanol–water partition coefficient (Wildman–Crippen LogP) is 3.34. The summed E-state index contributed by atoms with van der Waals surface area (Å²) < 4.78 is 0. The minimum atomic E-state index is -0.747. The molecule has 2 amide bonds. The van der Waals surface area contributed by atoms with E-state index in [1.807, 2.05) is 60.9 Å². The number of hydrogen-bond donors (Lipinski definition) is 4. The van der Waals surface area contributed by atoms with Crippen LogP contribution in [0.2, 0.25) is 0 Å². The van der Waals surface area contributed by atoms with Crippen molar-refractivity contribution in [2.75, 3.05) is 6.54 Å². The van der Waals surface area contributed by atoms with Gasteiger partial charge in [-0.05, 0) is 36.1 Å². The number of amides is 2. The molecule has 2 aromatic carbocycles. The molecule has 2 aromatic heterocycles. The van der Waals surface area contributed by atoms with E-state index in [0.717, 1.165) is 28.4 Å². The van der Waals surface area contributed by atoms with Crippen molar-refractivity contribution < 1.29 is 9.59 Å². The molecule has 7 heteroatoms. The number of para-hydroxylation sites is 2. The van der Waals surface area contributed by atoms with E-state index in [1.165, 1.54) is 10.9 Å². The highest BCUT2D eigenvalue weighted by atomic mass is 16.2. The van der Waals surface area contributed by atoms with Crippen LogP contribution in [-0.4, -0.2) is 34.4 Å². The first-order valence-corrected chi connectivity index (χ1v) is 10.7. The fraction of sp³-hybridized carbons (Fsp3) is 0.240. The first kappa shape index (κ1) is 21.2. The van der Waals surface area contributed by atoms with E-state index in [-0.39, 0.29) is 18.4 Å². The van der Waals surface area contributed by atoms with E-state index < -0.39 is 6.04 Å². The molecule has 0 fully saturated rings. The molecule has 32 heavy (non-hydrogen) atoms. The number of rotatable bonds is 9. The van der Waals surface area contributed by atoms with Gasteiger partial charge >= 0.3 is 0 Å². The SMILES string of the molecule is N#CCNC(=O)C(Cc1c[nH]c2ccccc12)NC(=O)CCCc1c[nH]c2ccccc12. The van der Waals surface area contributed by atoms with Gasteiger partial charge in [0.2, 0.25) is 11.8 Å². The fourth-order valence-corrected chi connectivity index (χ4v) is 4.02. The standard InChI is InChI=1S/C25H25N5O2/c26-12-13-27-25(32)23(14-18-16-29-22-10-4-2-8-20(18)22)30-24(31)11-5-6-17-15-28-21-9-3-1-7-19(17)21/h1-4,7-10,15-16,23,28-29H,5-6,11,13-14H2,(H,27,32)(H,30,31). The fourth-order valence-electron chi connectivity index (χ4n) is 4.02. The lowest BCUT2D eigenvalue weighted by atomic mass is 10.0. The number of aromatic nitrogens is 2. The van der Waals surface area contributed by atoms with Crippen molar-refractivity contribution in [3.63, 3.8) is 0 Å². The molecular formula is C25H25N5O2. The second-order valence-corrected chi connectivity index (χ2v) is 7.77. The molecule has 162 valence electrons. The average Bonchev–Trinajstić information content (AvgIpc) is 3.41. The maximum absolute atomic E-state index is 12.6. The number of fused-ring (bicyclic) bond motifs is 2. The molecule has 0 bridgehead atoms. The number of nitrogens with zero attached hydrogens (tertiary/aromatic N) is 1. The zero-order chi connectivity index (χ0) is 22.3. The van der Waals surface area contributed by atoms with E-state index >= 15 is 0 Å². The smallest absolute Gasteiger partial charge is 0.243 e. The second kappa shape index (κ2) is 9.84. The van der Waals surface area contributed by atoms with E-state index in [9.17, 15) is 9.59 Å². The van der Waals surface area contributed by atoms with Crippen molar-refractivity contribution in [1.82, 2.24) is 20.6 Å². The van der Waals surface area contributed by atoms with E-state index in [1.54, 1.807) is 0 Å².